The van der Waals surface area contributed by atoms with Crippen LogP contribution in [-0.2, 0) is 0 Å². The lowest BCUT2D eigenvalue weighted by atomic mass is 10.1. The second-order valence-corrected chi connectivity index (χ2v) is 4.75. The molecule has 4 heteroatoms. The van der Waals surface area contributed by atoms with Crippen molar-refractivity contribution < 1.29 is 4.79 Å². The van der Waals surface area contributed by atoms with Crippen LogP contribution in [-0.4, -0.2) is 21.5 Å². The molecule has 1 aromatic heterocycles. The number of benzene rings is 1. The van der Waals surface area contributed by atoms with Gasteiger partial charge in [0.05, 0.1) is 5.56 Å². The van der Waals surface area contributed by atoms with Crippen molar-refractivity contribution in [3.05, 3.63) is 54.1 Å². The average molecular weight is 244 g/mol. The molecule has 0 N–H and O–H groups in total. The number of aromatic nitrogens is 2. The van der Waals surface area contributed by atoms with Crippen LogP contribution >= 0.6 is 11.8 Å². The number of thioether (sulfide) groups is 1. The summed E-state index contributed by atoms with van der Waals surface area (Å²) >= 11 is 1.76. The van der Waals surface area contributed by atoms with Crippen LogP contribution in [0.1, 0.15) is 22.8 Å². The third kappa shape index (κ3) is 2.91. The molecule has 0 saturated heterocycles. The second-order valence-electron chi connectivity index (χ2n) is 3.41. The summed E-state index contributed by atoms with van der Waals surface area (Å²) in [6, 6.07) is 7.61. The highest BCUT2D eigenvalue weighted by atomic mass is 32.2. The fourth-order valence-electron chi connectivity index (χ4n) is 1.45. The molecule has 0 radical (unpaired) electrons. The maximum atomic E-state index is 12.0. The van der Waals surface area contributed by atoms with E-state index in [1.54, 1.807) is 11.8 Å². The zero-order valence-corrected chi connectivity index (χ0v) is 10.3. The van der Waals surface area contributed by atoms with E-state index >= 15 is 0 Å². The first-order valence-electron chi connectivity index (χ1n) is 5.34. The Balaban J connectivity index is 2.20. The van der Waals surface area contributed by atoms with Gasteiger partial charge < -0.3 is 0 Å². The zero-order valence-electron chi connectivity index (χ0n) is 9.46. The Morgan fingerprint density at radius 2 is 1.76 bits per heavy atom. The van der Waals surface area contributed by atoms with E-state index in [-0.39, 0.29) is 5.78 Å². The van der Waals surface area contributed by atoms with Crippen LogP contribution in [0, 0.1) is 0 Å². The molecule has 0 bridgehead atoms. The van der Waals surface area contributed by atoms with Gasteiger partial charge in [0.25, 0.3) is 0 Å². The molecular weight excluding hydrogens is 232 g/mol. The second kappa shape index (κ2) is 5.59. The van der Waals surface area contributed by atoms with Crippen molar-refractivity contribution >= 4 is 17.5 Å². The van der Waals surface area contributed by atoms with Crippen LogP contribution in [0.5, 0.6) is 0 Å². The fourth-order valence-corrected chi connectivity index (χ4v) is 2.11. The van der Waals surface area contributed by atoms with Gasteiger partial charge >= 0.3 is 0 Å². The van der Waals surface area contributed by atoms with Crippen molar-refractivity contribution in [2.45, 2.75) is 11.8 Å². The highest BCUT2D eigenvalue weighted by molar-refractivity contribution is 7.99. The Kier molecular flexibility index (Phi) is 3.88. The minimum absolute atomic E-state index is 0.0429. The maximum Gasteiger partial charge on any atom is 0.196 e. The average Bonchev–Trinajstić information content (AvgIpc) is 2.40. The lowest BCUT2D eigenvalue weighted by Gasteiger charge is -2.02. The van der Waals surface area contributed by atoms with Crippen LogP contribution in [0.2, 0.25) is 0 Å². The minimum atomic E-state index is -0.0429. The van der Waals surface area contributed by atoms with E-state index in [1.165, 1.54) is 23.6 Å². The first-order chi connectivity index (χ1) is 8.31. The van der Waals surface area contributed by atoms with Gasteiger partial charge in [-0.3, -0.25) is 4.79 Å². The van der Waals surface area contributed by atoms with E-state index in [1.807, 2.05) is 24.3 Å². The number of carbonyl (C=O) groups is 1. The quantitative estimate of drug-likeness (QED) is 0.612. The smallest absolute Gasteiger partial charge is 0.196 e. The molecule has 0 aliphatic rings. The molecule has 1 aromatic carbocycles. The Hall–Kier alpha value is -1.68. The van der Waals surface area contributed by atoms with Crippen LogP contribution in [0.3, 0.4) is 0 Å². The predicted octanol–water partition coefficient (Wildman–Crippen LogP) is 2.82. The molecule has 0 amide bonds. The summed E-state index contributed by atoms with van der Waals surface area (Å²) < 4.78 is 0. The van der Waals surface area contributed by atoms with Gasteiger partial charge in [0.15, 0.2) is 5.78 Å². The Labute approximate surface area is 104 Å². The third-order valence-corrected chi connectivity index (χ3v) is 3.14. The Morgan fingerprint density at radius 1 is 1.12 bits per heavy atom. The first-order valence-corrected chi connectivity index (χ1v) is 6.32. The van der Waals surface area contributed by atoms with Gasteiger partial charge in [0, 0.05) is 22.9 Å². The Bertz CT molecular complexity index is 497. The van der Waals surface area contributed by atoms with E-state index in [4.69, 9.17) is 0 Å². The minimum Gasteiger partial charge on any atom is -0.288 e. The molecule has 86 valence electrons. The van der Waals surface area contributed by atoms with Gasteiger partial charge in [-0.25, -0.2) is 9.97 Å². The molecule has 2 rings (SSSR count). The van der Waals surface area contributed by atoms with Gasteiger partial charge in [-0.15, -0.1) is 11.8 Å². The van der Waals surface area contributed by atoms with Gasteiger partial charge in [0.1, 0.15) is 6.33 Å². The highest BCUT2D eigenvalue weighted by Gasteiger charge is 2.08. The summed E-state index contributed by atoms with van der Waals surface area (Å²) in [5, 5.41) is 0. The van der Waals surface area contributed by atoms with E-state index in [9.17, 15) is 4.79 Å². The van der Waals surface area contributed by atoms with E-state index in [0.717, 1.165) is 5.75 Å². The predicted molar refractivity (Wildman–Crippen MR) is 68.3 cm³/mol. The van der Waals surface area contributed by atoms with Crippen molar-refractivity contribution in [2.24, 2.45) is 0 Å². The number of ketones is 1. The third-order valence-electron chi connectivity index (χ3n) is 2.25. The fraction of sp³-hybridized carbons (Fsp3) is 0.154. The summed E-state index contributed by atoms with van der Waals surface area (Å²) in [5.41, 5.74) is 1.18. The summed E-state index contributed by atoms with van der Waals surface area (Å²) in [5.74, 6) is 0.985. The molecule has 3 nitrogen and oxygen atoms in total. The number of carbonyl (C=O) groups excluding carboxylic acids is 1. The molecule has 0 spiro atoms. The molecular formula is C13H12N2OS. The van der Waals surface area contributed by atoms with E-state index in [0.29, 0.717) is 11.1 Å². The normalized spacial score (nSPS) is 10.2. The molecule has 0 saturated carbocycles. The van der Waals surface area contributed by atoms with Gasteiger partial charge in [0.2, 0.25) is 0 Å². The van der Waals surface area contributed by atoms with Crippen LogP contribution in [0.4, 0.5) is 0 Å². The first kappa shape index (κ1) is 11.8. The van der Waals surface area contributed by atoms with Crippen LogP contribution < -0.4 is 0 Å². The molecule has 1 heterocycles. The SMILES string of the molecule is CCSc1ccc(C(=O)c2cncnc2)cc1. The van der Waals surface area contributed by atoms with E-state index in [2.05, 4.69) is 16.9 Å². The zero-order chi connectivity index (χ0) is 12.1. The van der Waals surface area contributed by atoms with Crippen LogP contribution in [0.25, 0.3) is 0 Å². The largest absolute Gasteiger partial charge is 0.288 e. The van der Waals surface area contributed by atoms with Crippen molar-refractivity contribution in [1.29, 1.82) is 0 Å². The lowest BCUT2D eigenvalue weighted by molar-refractivity contribution is 0.103. The number of rotatable bonds is 4. The van der Waals surface area contributed by atoms with Crippen molar-refractivity contribution in [1.82, 2.24) is 9.97 Å². The van der Waals surface area contributed by atoms with Crippen molar-refractivity contribution in [3.8, 4) is 0 Å². The monoisotopic (exact) mass is 244 g/mol. The lowest BCUT2D eigenvalue weighted by Crippen LogP contribution is -2.02. The summed E-state index contributed by atoms with van der Waals surface area (Å²) in [6.07, 6.45) is 4.48. The van der Waals surface area contributed by atoms with Gasteiger partial charge in [-0.05, 0) is 30.0 Å². The maximum absolute atomic E-state index is 12.0. The van der Waals surface area contributed by atoms with Crippen molar-refractivity contribution in [3.63, 3.8) is 0 Å². The van der Waals surface area contributed by atoms with Gasteiger partial charge in [-0.2, -0.15) is 0 Å². The molecule has 0 fully saturated rings. The molecule has 0 aliphatic carbocycles. The van der Waals surface area contributed by atoms with Gasteiger partial charge in [-0.1, -0.05) is 6.92 Å². The molecule has 0 unspecified atom stereocenters. The summed E-state index contributed by atoms with van der Waals surface area (Å²) in [7, 11) is 0. The van der Waals surface area contributed by atoms with Crippen LogP contribution in [0.15, 0.2) is 47.9 Å². The number of nitrogens with zero attached hydrogens (tertiary/aromatic N) is 2. The molecule has 2 aromatic rings. The van der Waals surface area contributed by atoms with Crippen molar-refractivity contribution in [2.75, 3.05) is 5.75 Å². The molecule has 17 heavy (non-hydrogen) atoms. The summed E-state index contributed by atoms with van der Waals surface area (Å²) in [6.45, 7) is 2.10. The molecule has 0 aliphatic heterocycles. The number of hydrogen-bond acceptors (Lipinski definition) is 4. The Morgan fingerprint density at radius 3 is 2.35 bits per heavy atom. The highest BCUT2D eigenvalue weighted by Crippen LogP contribution is 2.18. The number of hydrogen-bond donors (Lipinski definition) is 0. The van der Waals surface area contributed by atoms with E-state index < -0.39 is 0 Å². The standard InChI is InChI=1S/C13H12N2OS/c1-2-17-12-5-3-10(4-6-12)13(16)11-7-14-9-15-8-11/h3-9H,2H2,1H3. The topological polar surface area (TPSA) is 42.9 Å². The summed E-state index contributed by atoms with van der Waals surface area (Å²) in [4.78, 5) is 20.9. The molecule has 0 atom stereocenters.